The second-order valence-electron chi connectivity index (χ2n) is 4.00. The zero-order valence-corrected chi connectivity index (χ0v) is 10.1. The first-order valence-corrected chi connectivity index (χ1v) is 5.87. The summed E-state index contributed by atoms with van der Waals surface area (Å²) in [5.74, 6) is 0. The van der Waals surface area contributed by atoms with Crippen LogP contribution in [0.15, 0.2) is 0 Å². The van der Waals surface area contributed by atoms with Gasteiger partial charge in [-0.25, -0.2) is 0 Å². The molecule has 88 valence electrons. The summed E-state index contributed by atoms with van der Waals surface area (Å²) in [6.45, 7) is 6.63. The van der Waals surface area contributed by atoms with Gasteiger partial charge in [0, 0.05) is 32.7 Å². The molecule has 3 nitrogen and oxygen atoms in total. The summed E-state index contributed by atoms with van der Waals surface area (Å²) in [6, 6.07) is 0.184. The minimum absolute atomic E-state index is 0.184. The molecule has 1 atom stereocenters. The Morgan fingerprint density at radius 1 is 1.40 bits per heavy atom. The lowest BCUT2D eigenvalue weighted by Gasteiger charge is -2.37. The maximum absolute atomic E-state index is 12.0. The summed E-state index contributed by atoms with van der Waals surface area (Å²) in [5, 5.41) is 0. The first kappa shape index (κ1) is 12.8. The Bertz CT molecular complexity index is 205. The first-order chi connectivity index (χ1) is 7.15. The van der Waals surface area contributed by atoms with Crippen molar-refractivity contribution in [2.75, 3.05) is 39.4 Å². The van der Waals surface area contributed by atoms with Gasteiger partial charge in [-0.2, -0.15) is 0 Å². The third-order valence-electron chi connectivity index (χ3n) is 2.97. The number of alkyl halides is 1. The highest BCUT2D eigenvalue weighted by molar-refractivity contribution is 7.80. The number of nitrogens with zero attached hydrogens (tertiary/aromatic N) is 2. The largest absolute Gasteiger partial charge is 0.392 e. The molecule has 1 fully saturated rings. The summed E-state index contributed by atoms with van der Waals surface area (Å²) in [5.41, 5.74) is 5.61. The number of thiocarbonyl (C=S) groups is 1. The van der Waals surface area contributed by atoms with Gasteiger partial charge in [0.1, 0.15) is 0 Å². The Labute approximate surface area is 96.4 Å². The van der Waals surface area contributed by atoms with Gasteiger partial charge in [-0.05, 0) is 13.3 Å². The maximum Gasteiger partial charge on any atom is 0.0906 e. The highest BCUT2D eigenvalue weighted by Gasteiger charge is 2.21. The van der Waals surface area contributed by atoms with Crippen molar-refractivity contribution in [1.82, 2.24) is 9.80 Å². The average Bonchev–Trinajstić information content (AvgIpc) is 2.26. The first-order valence-electron chi connectivity index (χ1n) is 5.47. The lowest BCUT2D eigenvalue weighted by molar-refractivity contribution is 0.120. The molecule has 0 radical (unpaired) electrons. The number of rotatable bonds is 5. The van der Waals surface area contributed by atoms with Crippen LogP contribution in [-0.2, 0) is 0 Å². The number of hydrogen-bond donors (Lipinski definition) is 1. The zero-order chi connectivity index (χ0) is 11.3. The lowest BCUT2D eigenvalue weighted by atomic mass is 10.2. The summed E-state index contributed by atoms with van der Waals surface area (Å²) >= 11 is 4.97. The molecule has 0 amide bonds. The van der Waals surface area contributed by atoms with E-state index in [1.165, 1.54) is 0 Å². The van der Waals surface area contributed by atoms with Crippen LogP contribution in [0.5, 0.6) is 0 Å². The van der Waals surface area contributed by atoms with Crippen LogP contribution in [0.1, 0.15) is 13.3 Å². The fourth-order valence-corrected chi connectivity index (χ4v) is 1.99. The molecule has 1 aliphatic heterocycles. The van der Waals surface area contributed by atoms with Crippen LogP contribution in [0.4, 0.5) is 4.39 Å². The van der Waals surface area contributed by atoms with E-state index < -0.39 is 0 Å². The zero-order valence-electron chi connectivity index (χ0n) is 9.29. The maximum atomic E-state index is 12.0. The Morgan fingerprint density at radius 2 is 2.00 bits per heavy atom. The van der Waals surface area contributed by atoms with Crippen molar-refractivity contribution in [1.29, 1.82) is 0 Å². The molecule has 0 spiro atoms. The van der Waals surface area contributed by atoms with Crippen molar-refractivity contribution in [3.8, 4) is 0 Å². The van der Waals surface area contributed by atoms with Gasteiger partial charge < -0.3 is 10.6 Å². The van der Waals surface area contributed by atoms with Crippen LogP contribution < -0.4 is 5.73 Å². The predicted molar refractivity (Wildman–Crippen MR) is 64.9 cm³/mol. The molecule has 0 aliphatic carbocycles. The van der Waals surface area contributed by atoms with E-state index in [4.69, 9.17) is 18.0 Å². The summed E-state index contributed by atoms with van der Waals surface area (Å²) < 4.78 is 12.0. The number of piperazine rings is 1. The molecule has 0 aromatic rings. The molecule has 1 aliphatic rings. The molecule has 1 rings (SSSR count). The smallest absolute Gasteiger partial charge is 0.0906 e. The Balaban J connectivity index is 2.26. The quantitative estimate of drug-likeness (QED) is 0.706. The van der Waals surface area contributed by atoms with Gasteiger partial charge in [0.05, 0.1) is 17.7 Å². The number of hydrogen-bond acceptors (Lipinski definition) is 3. The molecule has 1 saturated heterocycles. The normalized spacial score (nSPS) is 21.5. The molecule has 15 heavy (non-hydrogen) atoms. The standard InChI is InChI=1S/C10H20FN3S/c1-9(10(12)15)14-7-5-13(6-8-14)4-2-3-11/h9H,2-8H2,1H3,(H2,12,15). The highest BCUT2D eigenvalue weighted by atomic mass is 32.1. The molecular formula is C10H20FN3S. The van der Waals surface area contributed by atoms with E-state index in [9.17, 15) is 4.39 Å². The minimum Gasteiger partial charge on any atom is -0.392 e. The fourth-order valence-electron chi connectivity index (χ4n) is 1.84. The van der Waals surface area contributed by atoms with Crippen LogP contribution in [0, 0.1) is 0 Å². The van der Waals surface area contributed by atoms with E-state index in [-0.39, 0.29) is 12.7 Å². The molecule has 2 N–H and O–H groups in total. The Hall–Kier alpha value is -0.260. The highest BCUT2D eigenvalue weighted by Crippen LogP contribution is 2.07. The van der Waals surface area contributed by atoms with Crippen molar-refractivity contribution >= 4 is 17.2 Å². The Morgan fingerprint density at radius 3 is 2.47 bits per heavy atom. The predicted octanol–water partition coefficient (Wildman–Crippen LogP) is 0.638. The van der Waals surface area contributed by atoms with E-state index in [1.54, 1.807) is 0 Å². The molecule has 1 unspecified atom stereocenters. The van der Waals surface area contributed by atoms with Crippen molar-refractivity contribution in [3.05, 3.63) is 0 Å². The molecule has 0 bridgehead atoms. The van der Waals surface area contributed by atoms with Gasteiger partial charge in [-0.1, -0.05) is 12.2 Å². The third kappa shape index (κ3) is 4.01. The topological polar surface area (TPSA) is 32.5 Å². The van der Waals surface area contributed by atoms with Crippen LogP contribution in [0.2, 0.25) is 0 Å². The number of nitrogens with two attached hydrogens (primary N) is 1. The average molecular weight is 233 g/mol. The van der Waals surface area contributed by atoms with Crippen LogP contribution in [0.3, 0.4) is 0 Å². The second-order valence-corrected chi connectivity index (χ2v) is 4.47. The van der Waals surface area contributed by atoms with Crippen molar-refractivity contribution in [3.63, 3.8) is 0 Å². The van der Waals surface area contributed by atoms with Crippen LogP contribution in [-0.4, -0.2) is 60.2 Å². The molecular weight excluding hydrogens is 213 g/mol. The second kappa shape index (κ2) is 6.35. The Kier molecular flexibility index (Phi) is 5.42. The number of halogens is 1. The van der Waals surface area contributed by atoms with Gasteiger partial charge in [-0.3, -0.25) is 9.29 Å². The van der Waals surface area contributed by atoms with Gasteiger partial charge in [-0.15, -0.1) is 0 Å². The van der Waals surface area contributed by atoms with Gasteiger partial charge in [0.25, 0.3) is 0 Å². The fraction of sp³-hybridized carbons (Fsp3) is 0.900. The monoisotopic (exact) mass is 233 g/mol. The third-order valence-corrected chi connectivity index (χ3v) is 3.32. The molecule has 0 saturated carbocycles. The summed E-state index contributed by atoms with van der Waals surface area (Å²) in [4.78, 5) is 5.14. The van der Waals surface area contributed by atoms with Crippen LogP contribution in [0.25, 0.3) is 0 Å². The van der Waals surface area contributed by atoms with Crippen molar-refractivity contribution in [2.24, 2.45) is 5.73 Å². The molecule has 1 heterocycles. The van der Waals surface area contributed by atoms with Crippen LogP contribution >= 0.6 is 12.2 Å². The molecule has 0 aromatic carbocycles. The summed E-state index contributed by atoms with van der Waals surface area (Å²) in [7, 11) is 0. The molecule has 5 heteroatoms. The van der Waals surface area contributed by atoms with E-state index in [2.05, 4.69) is 9.80 Å². The van der Waals surface area contributed by atoms with Gasteiger partial charge >= 0.3 is 0 Å². The SMILES string of the molecule is CC(C(N)=S)N1CCN(CCCF)CC1. The van der Waals surface area contributed by atoms with Crippen molar-refractivity contribution < 1.29 is 4.39 Å². The summed E-state index contributed by atoms with van der Waals surface area (Å²) in [6.07, 6.45) is 0.644. The molecule has 0 aromatic heterocycles. The van der Waals surface area contributed by atoms with E-state index in [0.717, 1.165) is 32.7 Å². The van der Waals surface area contributed by atoms with E-state index in [1.807, 2.05) is 6.92 Å². The van der Waals surface area contributed by atoms with Gasteiger partial charge in [0.15, 0.2) is 0 Å². The van der Waals surface area contributed by atoms with Crippen molar-refractivity contribution in [2.45, 2.75) is 19.4 Å². The van der Waals surface area contributed by atoms with Gasteiger partial charge in [0.2, 0.25) is 0 Å². The lowest BCUT2D eigenvalue weighted by Crippen LogP contribution is -2.52. The van der Waals surface area contributed by atoms with E-state index in [0.29, 0.717) is 11.4 Å². The van der Waals surface area contributed by atoms with E-state index >= 15 is 0 Å². The minimum atomic E-state index is -0.219.